The number of aliphatic carboxylic acids is 1. The van der Waals surface area contributed by atoms with E-state index in [4.69, 9.17) is 15.6 Å². The summed E-state index contributed by atoms with van der Waals surface area (Å²) in [6, 6.07) is 7.76. The fourth-order valence-electron chi connectivity index (χ4n) is 1.85. The third-order valence-corrected chi connectivity index (χ3v) is 2.88. The van der Waals surface area contributed by atoms with E-state index in [2.05, 4.69) is 6.92 Å². The van der Waals surface area contributed by atoms with Crippen LogP contribution in [-0.4, -0.2) is 22.7 Å². The van der Waals surface area contributed by atoms with E-state index in [1.54, 1.807) is 0 Å². The zero-order valence-electron chi connectivity index (χ0n) is 11.1. The molecule has 0 amide bonds. The molecule has 1 rings (SSSR count). The van der Waals surface area contributed by atoms with Gasteiger partial charge in [-0.05, 0) is 31.9 Å². The molecule has 4 heteroatoms. The Morgan fingerprint density at radius 2 is 2.11 bits per heavy atom. The highest BCUT2D eigenvalue weighted by molar-refractivity contribution is 5.77. The van der Waals surface area contributed by atoms with Gasteiger partial charge >= 0.3 is 5.97 Å². The van der Waals surface area contributed by atoms with Crippen LogP contribution in [0.1, 0.15) is 32.8 Å². The lowest BCUT2D eigenvalue weighted by atomic mass is 9.96. The lowest BCUT2D eigenvalue weighted by Gasteiger charge is -2.24. The Labute approximate surface area is 108 Å². The van der Waals surface area contributed by atoms with Gasteiger partial charge in [0.05, 0.1) is 6.10 Å². The van der Waals surface area contributed by atoms with Crippen molar-refractivity contribution in [3.05, 3.63) is 29.8 Å². The van der Waals surface area contributed by atoms with Gasteiger partial charge < -0.3 is 15.6 Å². The first-order valence-corrected chi connectivity index (χ1v) is 6.13. The summed E-state index contributed by atoms with van der Waals surface area (Å²) in [6.45, 7) is 5.39. The van der Waals surface area contributed by atoms with Crippen LogP contribution >= 0.6 is 0 Å². The molecule has 18 heavy (non-hydrogen) atoms. The Kier molecular flexibility index (Phi) is 4.73. The van der Waals surface area contributed by atoms with Crippen LogP contribution in [0.15, 0.2) is 24.3 Å². The zero-order chi connectivity index (χ0) is 13.8. The van der Waals surface area contributed by atoms with Crippen molar-refractivity contribution in [2.45, 2.75) is 45.3 Å². The highest BCUT2D eigenvalue weighted by atomic mass is 16.5. The minimum Gasteiger partial charge on any atom is -0.490 e. The summed E-state index contributed by atoms with van der Waals surface area (Å²) in [5, 5.41) is 8.98. The molecule has 4 nitrogen and oxygen atoms in total. The van der Waals surface area contributed by atoms with Crippen molar-refractivity contribution < 1.29 is 14.6 Å². The Bertz CT molecular complexity index is 415. The lowest BCUT2D eigenvalue weighted by Crippen LogP contribution is -2.47. The highest BCUT2D eigenvalue weighted by Crippen LogP contribution is 2.22. The summed E-state index contributed by atoms with van der Waals surface area (Å²) < 4.78 is 5.78. The lowest BCUT2D eigenvalue weighted by molar-refractivity contribution is -0.143. The number of carboxylic acid groups (broad SMARTS) is 1. The second-order valence-electron chi connectivity index (χ2n) is 4.82. The number of carboxylic acids is 1. The van der Waals surface area contributed by atoms with Gasteiger partial charge in [-0.2, -0.15) is 0 Å². The normalized spacial score (nSPS) is 15.8. The third kappa shape index (κ3) is 3.74. The first-order chi connectivity index (χ1) is 8.36. The Morgan fingerprint density at radius 1 is 1.50 bits per heavy atom. The van der Waals surface area contributed by atoms with E-state index in [-0.39, 0.29) is 12.5 Å². The van der Waals surface area contributed by atoms with Crippen molar-refractivity contribution in [3.8, 4) is 5.75 Å². The average molecular weight is 251 g/mol. The summed E-state index contributed by atoms with van der Waals surface area (Å²) in [7, 11) is 0. The SMILES string of the molecule is CCc1ccccc1OC(C)CC(C)(N)C(=O)O. The molecule has 3 N–H and O–H groups in total. The molecule has 0 bridgehead atoms. The van der Waals surface area contributed by atoms with Gasteiger partial charge in [0, 0.05) is 6.42 Å². The minimum atomic E-state index is -1.26. The van der Waals surface area contributed by atoms with Gasteiger partial charge in [0.1, 0.15) is 11.3 Å². The van der Waals surface area contributed by atoms with Crippen molar-refractivity contribution in [1.29, 1.82) is 0 Å². The van der Waals surface area contributed by atoms with E-state index in [9.17, 15) is 4.79 Å². The van der Waals surface area contributed by atoms with E-state index < -0.39 is 11.5 Å². The molecule has 0 heterocycles. The predicted molar refractivity (Wildman–Crippen MR) is 70.8 cm³/mol. The molecule has 0 aliphatic rings. The van der Waals surface area contributed by atoms with Crippen molar-refractivity contribution in [1.82, 2.24) is 0 Å². The molecule has 100 valence electrons. The molecule has 0 aromatic heterocycles. The molecule has 0 spiro atoms. The summed E-state index contributed by atoms with van der Waals surface area (Å²) in [6.07, 6.45) is 0.894. The maximum atomic E-state index is 11.0. The van der Waals surface area contributed by atoms with Gasteiger partial charge in [-0.15, -0.1) is 0 Å². The van der Waals surface area contributed by atoms with Gasteiger partial charge in [-0.25, -0.2) is 0 Å². The van der Waals surface area contributed by atoms with Crippen LogP contribution < -0.4 is 10.5 Å². The highest BCUT2D eigenvalue weighted by Gasteiger charge is 2.30. The van der Waals surface area contributed by atoms with E-state index in [0.29, 0.717) is 0 Å². The van der Waals surface area contributed by atoms with Gasteiger partial charge in [0.15, 0.2) is 0 Å². The first-order valence-electron chi connectivity index (χ1n) is 6.13. The van der Waals surface area contributed by atoms with E-state index >= 15 is 0 Å². The number of hydrogen-bond donors (Lipinski definition) is 2. The van der Waals surface area contributed by atoms with Crippen LogP contribution in [-0.2, 0) is 11.2 Å². The largest absolute Gasteiger partial charge is 0.490 e. The molecule has 0 saturated heterocycles. The Balaban J connectivity index is 2.70. The number of rotatable bonds is 6. The Hall–Kier alpha value is -1.55. The van der Waals surface area contributed by atoms with E-state index in [1.165, 1.54) is 6.92 Å². The summed E-state index contributed by atoms with van der Waals surface area (Å²) >= 11 is 0. The third-order valence-electron chi connectivity index (χ3n) is 2.88. The maximum absolute atomic E-state index is 11.0. The fourth-order valence-corrected chi connectivity index (χ4v) is 1.85. The molecule has 0 saturated carbocycles. The number of nitrogens with two attached hydrogens (primary N) is 1. The molecular weight excluding hydrogens is 230 g/mol. The van der Waals surface area contributed by atoms with Crippen molar-refractivity contribution in [2.75, 3.05) is 0 Å². The summed E-state index contributed by atoms with van der Waals surface area (Å²) in [4.78, 5) is 11.0. The van der Waals surface area contributed by atoms with Gasteiger partial charge in [0.2, 0.25) is 0 Å². The monoisotopic (exact) mass is 251 g/mol. The number of para-hydroxylation sites is 1. The fraction of sp³-hybridized carbons (Fsp3) is 0.500. The molecule has 0 aliphatic carbocycles. The van der Waals surface area contributed by atoms with Crippen LogP contribution in [0.25, 0.3) is 0 Å². The minimum absolute atomic E-state index is 0.246. The second-order valence-corrected chi connectivity index (χ2v) is 4.82. The Morgan fingerprint density at radius 3 is 2.67 bits per heavy atom. The first kappa shape index (κ1) is 14.5. The number of hydrogen-bond acceptors (Lipinski definition) is 3. The smallest absolute Gasteiger partial charge is 0.323 e. The second kappa shape index (κ2) is 5.87. The van der Waals surface area contributed by atoms with Crippen LogP contribution in [0.4, 0.5) is 0 Å². The molecule has 2 unspecified atom stereocenters. The summed E-state index contributed by atoms with van der Waals surface area (Å²) in [5.41, 5.74) is 5.55. The predicted octanol–water partition coefficient (Wildman–Crippen LogP) is 2.21. The molecule has 2 atom stereocenters. The van der Waals surface area contributed by atoms with Crippen LogP contribution in [0.2, 0.25) is 0 Å². The average Bonchev–Trinajstić information content (AvgIpc) is 2.28. The molecular formula is C14H21NO3. The molecule has 1 aromatic carbocycles. The molecule has 1 aromatic rings. The van der Waals surface area contributed by atoms with E-state index in [1.807, 2.05) is 31.2 Å². The number of carbonyl (C=O) groups is 1. The van der Waals surface area contributed by atoms with Crippen molar-refractivity contribution in [3.63, 3.8) is 0 Å². The van der Waals surface area contributed by atoms with Crippen molar-refractivity contribution >= 4 is 5.97 Å². The maximum Gasteiger partial charge on any atom is 0.323 e. The number of aryl methyl sites for hydroxylation is 1. The van der Waals surface area contributed by atoms with Gasteiger partial charge in [0.25, 0.3) is 0 Å². The van der Waals surface area contributed by atoms with Crippen LogP contribution in [0.5, 0.6) is 5.75 Å². The summed E-state index contributed by atoms with van der Waals surface area (Å²) in [5.74, 6) is -0.213. The van der Waals surface area contributed by atoms with Gasteiger partial charge in [-0.1, -0.05) is 25.1 Å². The standard InChI is InChI=1S/C14H21NO3/c1-4-11-7-5-6-8-12(11)18-10(2)9-14(3,15)13(16)17/h5-8,10H,4,9,15H2,1-3H3,(H,16,17). The topological polar surface area (TPSA) is 72.5 Å². The van der Waals surface area contributed by atoms with Crippen LogP contribution in [0.3, 0.4) is 0 Å². The van der Waals surface area contributed by atoms with Crippen LogP contribution in [0, 0.1) is 0 Å². The molecule has 0 aliphatic heterocycles. The van der Waals surface area contributed by atoms with Gasteiger partial charge in [-0.3, -0.25) is 4.79 Å². The zero-order valence-corrected chi connectivity index (χ0v) is 11.1. The number of benzene rings is 1. The molecule has 0 fully saturated rings. The van der Waals surface area contributed by atoms with E-state index in [0.717, 1.165) is 17.7 Å². The number of ether oxygens (including phenoxy) is 1. The quantitative estimate of drug-likeness (QED) is 0.813. The van der Waals surface area contributed by atoms with Crippen molar-refractivity contribution in [2.24, 2.45) is 5.73 Å². The molecule has 0 radical (unpaired) electrons.